The highest BCUT2D eigenvalue weighted by Crippen LogP contribution is 2.39. The number of hydrogen-bond acceptors (Lipinski definition) is 6. The lowest BCUT2D eigenvalue weighted by atomic mass is 10.1. The first-order chi connectivity index (χ1) is 8.04. The van der Waals surface area contributed by atoms with Gasteiger partial charge in [0, 0.05) is 23.8 Å². The Bertz CT molecular complexity index is 422. The van der Waals surface area contributed by atoms with Crippen LogP contribution in [0.2, 0.25) is 0 Å². The summed E-state index contributed by atoms with van der Waals surface area (Å²) in [4.78, 5) is 14.9. The van der Waals surface area contributed by atoms with E-state index in [9.17, 15) is 15.0 Å². The van der Waals surface area contributed by atoms with Crippen LogP contribution in [0.5, 0.6) is 0 Å². The van der Waals surface area contributed by atoms with Crippen molar-refractivity contribution in [1.82, 2.24) is 4.98 Å². The monoisotopic (exact) mass is 258 g/mol. The summed E-state index contributed by atoms with van der Waals surface area (Å²) in [6, 6.07) is 0. The average molecular weight is 258 g/mol. The number of amides is 1. The normalized spacial score (nSPS) is 32.9. The molecule has 0 aliphatic heterocycles. The number of carbonyl (C=O) groups is 1. The molecule has 1 aromatic rings. The summed E-state index contributed by atoms with van der Waals surface area (Å²) in [5, 5.41) is 30.7. The number of nitrogens with zero attached hydrogens (tertiary/aromatic N) is 1. The van der Waals surface area contributed by atoms with Crippen molar-refractivity contribution in [1.29, 1.82) is 0 Å². The predicted octanol–water partition coefficient (Wildman–Crippen LogP) is -0.940. The lowest BCUT2D eigenvalue weighted by Crippen LogP contribution is -2.28. The second-order valence-corrected chi connectivity index (χ2v) is 5.09. The highest BCUT2D eigenvalue weighted by atomic mass is 32.1. The molecule has 1 heterocycles. The Balaban J connectivity index is 2.19. The molecule has 6 nitrogen and oxygen atoms in total. The maximum absolute atomic E-state index is 10.9. The molecule has 0 bridgehead atoms. The Morgan fingerprint density at radius 3 is 2.71 bits per heavy atom. The lowest BCUT2D eigenvalue weighted by molar-refractivity contribution is 0.00230. The third-order valence-electron chi connectivity index (χ3n) is 3.13. The Kier molecular flexibility index (Phi) is 3.43. The number of nitrogens with two attached hydrogens (primary N) is 1. The fourth-order valence-corrected chi connectivity index (χ4v) is 3.09. The topological polar surface area (TPSA) is 117 Å². The molecule has 1 saturated carbocycles. The number of aliphatic hydroxyl groups is 3. The van der Waals surface area contributed by atoms with Gasteiger partial charge in [0.15, 0.2) is 0 Å². The third kappa shape index (κ3) is 2.19. The maximum Gasteiger partial charge on any atom is 0.268 e. The molecule has 1 fully saturated rings. The van der Waals surface area contributed by atoms with E-state index in [-0.39, 0.29) is 24.1 Å². The highest BCUT2D eigenvalue weighted by molar-refractivity contribution is 7.09. The maximum atomic E-state index is 10.9. The molecule has 0 saturated heterocycles. The zero-order chi connectivity index (χ0) is 12.6. The van der Waals surface area contributed by atoms with Crippen LogP contribution in [0.25, 0.3) is 0 Å². The van der Waals surface area contributed by atoms with Gasteiger partial charge in [0.05, 0.1) is 17.2 Å². The van der Waals surface area contributed by atoms with Crippen LogP contribution in [0.15, 0.2) is 5.38 Å². The van der Waals surface area contributed by atoms with Crippen molar-refractivity contribution < 1.29 is 20.1 Å². The van der Waals surface area contributed by atoms with Gasteiger partial charge in [-0.25, -0.2) is 4.98 Å². The molecule has 17 heavy (non-hydrogen) atoms. The number of thiazole rings is 1. The quantitative estimate of drug-likeness (QED) is 0.558. The van der Waals surface area contributed by atoms with Gasteiger partial charge in [0.2, 0.25) is 0 Å². The number of carbonyl (C=O) groups excluding carboxylic acids is 1. The minimum absolute atomic E-state index is 0.166. The number of primary amides is 1. The molecule has 94 valence electrons. The van der Waals surface area contributed by atoms with Crippen LogP contribution >= 0.6 is 11.3 Å². The summed E-state index contributed by atoms with van der Waals surface area (Å²) in [6.07, 6.45) is -1.46. The number of aromatic nitrogens is 1. The lowest BCUT2D eigenvalue weighted by Gasteiger charge is -2.14. The van der Waals surface area contributed by atoms with Crippen molar-refractivity contribution in [2.45, 2.75) is 24.5 Å². The van der Waals surface area contributed by atoms with Gasteiger partial charge in [-0.1, -0.05) is 0 Å². The Morgan fingerprint density at radius 1 is 1.53 bits per heavy atom. The molecular formula is C10H14N2O4S. The first-order valence-electron chi connectivity index (χ1n) is 5.26. The molecular weight excluding hydrogens is 244 g/mol. The van der Waals surface area contributed by atoms with Crippen molar-refractivity contribution in [2.24, 2.45) is 11.7 Å². The van der Waals surface area contributed by atoms with E-state index < -0.39 is 18.1 Å². The van der Waals surface area contributed by atoms with E-state index in [1.54, 1.807) is 0 Å². The van der Waals surface area contributed by atoms with Gasteiger partial charge < -0.3 is 21.1 Å². The second-order valence-electron chi connectivity index (χ2n) is 4.20. The fraction of sp³-hybridized carbons (Fsp3) is 0.600. The van der Waals surface area contributed by atoms with Crippen molar-refractivity contribution >= 4 is 17.2 Å². The Labute approximate surface area is 102 Å². The Hall–Kier alpha value is -1.02. The molecule has 1 aliphatic carbocycles. The second kappa shape index (κ2) is 4.69. The number of aliphatic hydroxyl groups excluding tert-OH is 3. The largest absolute Gasteiger partial charge is 0.396 e. The van der Waals surface area contributed by atoms with Gasteiger partial charge in [-0.15, -0.1) is 11.3 Å². The molecule has 0 radical (unpaired) electrons. The number of rotatable bonds is 3. The minimum Gasteiger partial charge on any atom is -0.396 e. The zero-order valence-electron chi connectivity index (χ0n) is 8.98. The fourth-order valence-electron chi connectivity index (χ4n) is 2.12. The average Bonchev–Trinajstić information content (AvgIpc) is 2.87. The highest BCUT2D eigenvalue weighted by Gasteiger charge is 2.43. The van der Waals surface area contributed by atoms with Crippen molar-refractivity contribution in [3.8, 4) is 0 Å². The third-order valence-corrected chi connectivity index (χ3v) is 4.10. The first-order valence-corrected chi connectivity index (χ1v) is 6.14. The van der Waals surface area contributed by atoms with Crippen LogP contribution in [-0.2, 0) is 0 Å². The van der Waals surface area contributed by atoms with Gasteiger partial charge in [0.25, 0.3) is 5.91 Å². The predicted molar refractivity (Wildman–Crippen MR) is 60.6 cm³/mol. The molecule has 5 N–H and O–H groups in total. The molecule has 0 aromatic carbocycles. The van der Waals surface area contributed by atoms with Crippen LogP contribution in [0.4, 0.5) is 0 Å². The first kappa shape index (κ1) is 12.4. The zero-order valence-corrected chi connectivity index (χ0v) is 9.80. The summed E-state index contributed by atoms with van der Waals surface area (Å²) in [6.45, 7) is -0.178. The van der Waals surface area contributed by atoms with Crippen LogP contribution in [0, 0.1) is 5.92 Å². The van der Waals surface area contributed by atoms with Crippen molar-refractivity contribution in [2.75, 3.05) is 6.61 Å². The van der Waals surface area contributed by atoms with E-state index in [0.29, 0.717) is 11.4 Å². The standard InChI is InChI=1S/C10H14N2O4S/c11-9(16)6-3-17-10(12-6)5-1-4(2-13)7(14)8(5)15/h3-5,7-8,13-15H,1-2H2,(H2,11,16)/t4-,5-,7-,8+/m1/s1. The van der Waals surface area contributed by atoms with Gasteiger partial charge in [-0.05, 0) is 6.42 Å². The molecule has 1 aliphatic rings. The van der Waals surface area contributed by atoms with Crippen molar-refractivity contribution in [3.63, 3.8) is 0 Å². The van der Waals surface area contributed by atoms with Gasteiger partial charge >= 0.3 is 0 Å². The van der Waals surface area contributed by atoms with Crippen LogP contribution in [0.3, 0.4) is 0 Å². The molecule has 0 spiro atoms. The molecule has 7 heteroatoms. The molecule has 0 unspecified atom stereocenters. The smallest absolute Gasteiger partial charge is 0.268 e. The van der Waals surface area contributed by atoms with E-state index in [4.69, 9.17) is 10.8 Å². The van der Waals surface area contributed by atoms with E-state index >= 15 is 0 Å². The van der Waals surface area contributed by atoms with E-state index in [1.807, 2.05) is 0 Å². The van der Waals surface area contributed by atoms with Crippen molar-refractivity contribution in [3.05, 3.63) is 16.1 Å². The molecule has 1 amide bonds. The summed E-state index contributed by atoms with van der Waals surface area (Å²) in [5.41, 5.74) is 5.26. The summed E-state index contributed by atoms with van der Waals surface area (Å²) in [5.74, 6) is -1.31. The van der Waals surface area contributed by atoms with E-state index in [0.717, 1.165) is 0 Å². The molecule has 2 rings (SSSR count). The van der Waals surface area contributed by atoms with E-state index in [1.165, 1.54) is 16.7 Å². The Morgan fingerprint density at radius 2 is 2.24 bits per heavy atom. The van der Waals surface area contributed by atoms with Crippen LogP contribution < -0.4 is 5.73 Å². The summed E-state index contributed by atoms with van der Waals surface area (Å²) < 4.78 is 0. The summed E-state index contributed by atoms with van der Waals surface area (Å²) >= 11 is 1.23. The summed E-state index contributed by atoms with van der Waals surface area (Å²) in [7, 11) is 0. The van der Waals surface area contributed by atoms with Gasteiger partial charge in [-0.2, -0.15) is 0 Å². The van der Waals surface area contributed by atoms with E-state index in [2.05, 4.69) is 4.98 Å². The van der Waals surface area contributed by atoms with Crippen LogP contribution in [0.1, 0.15) is 27.8 Å². The van der Waals surface area contributed by atoms with Crippen LogP contribution in [-0.4, -0.2) is 45.0 Å². The minimum atomic E-state index is -0.959. The molecule has 4 atom stereocenters. The number of hydrogen-bond donors (Lipinski definition) is 4. The van der Waals surface area contributed by atoms with Gasteiger partial charge in [-0.3, -0.25) is 4.79 Å². The molecule has 1 aromatic heterocycles. The SMILES string of the molecule is NC(=O)c1csc([C@@H]2C[C@H](CO)[C@@H](O)[C@H]2O)n1. The van der Waals surface area contributed by atoms with Gasteiger partial charge in [0.1, 0.15) is 5.69 Å².